The summed E-state index contributed by atoms with van der Waals surface area (Å²) in [5, 5.41) is 0. The molecule has 0 aromatic heterocycles. The largest absolute Gasteiger partial charge is 0.497 e. The van der Waals surface area contributed by atoms with E-state index >= 15 is 0 Å². The summed E-state index contributed by atoms with van der Waals surface area (Å²) >= 11 is 0. The van der Waals surface area contributed by atoms with Crippen molar-refractivity contribution in [2.75, 3.05) is 38.8 Å². The number of hydrogen-bond donors (Lipinski definition) is 1. The van der Waals surface area contributed by atoms with Gasteiger partial charge in [-0.15, -0.1) is 0 Å². The molecule has 0 unspecified atom stereocenters. The molecule has 0 heterocycles. The standard InChI is InChI=1S/C15H24N2O3/c1-19-12-3-5-15(18)17(11-4-10-16)13-6-8-14(20-2)9-7-13/h6-9H,3-5,10-12,16H2,1-2H3. The van der Waals surface area contributed by atoms with Gasteiger partial charge >= 0.3 is 0 Å². The van der Waals surface area contributed by atoms with Crippen molar-refractivity contribution in [1.82, 2.24) is 0 Å². The second-order valence-electron chi connectivity index (χ2n) is 4.48. The van der Waals surface area contributed by atoms with E-state index in [-0.39, 0.29) is 5.91 Å². The summed E-state index contributed by atoms with van der Waals surface area (Å²) in [7, 11) is 3.26. The minimum atomic E-state index is 0.0978. The zero-order valence-corrected chi connectivity index (χ0v) is 12.3. The number of ether oxygens (including phenoxy) is 2. The lowest BCUT2D eigenvalue weighted by atomic mass is 10.2. The molecule has 1 rings (SSSR count). The van der Waals surface area contributed by atoms with E-state index in [1.54, 1.807) is 19.1 Å². The van der Waals surface area contributed by atoms with E-state index < -0.39 is 0 Å². The molecule has 1 aromatic rings. The molecule has 0 aliphatic rings. The maximum absolute atomic E-state index is 12.3. The van der Waals surface area contributed by atoms with Crippen LogP contribution in [0.25, 0.3) is 0 Å². The van der Waals surface area contributed by atoms with Gasteiger partial charge in [0.1, 0.15) is 5.75 Å². The van der Waals surface area contributed by atoms with Gasteiger partial charge in [-0.3, -0.25) is 4.79 Å². The third kappa shape index (κ3) is 5.19. The van der Waals surface area contributed by atoms with Crippen LogP contribution in [0.4, 0.5) is 5.69 Å². The molecule has 0 radical (unpaired) electrons. The van der Waals surface area contributed by atoms with Gasteiger partial charge in [-0.1, -0.05) is 0 Å². The summed E-state index contributed by atoms with van der Waals surface area (Å²) in [5.74, 6) is 0.875. The van der Waals surface area contributed by atoms with Crippen LogP contribution in [-0.2, 0) is 9.53 Å². The van der Waals surface area contributed by atoms with Crippen LogP contribution in [-0.4, -0.2) is 39.8 Å². The second-order valence-corrected chi connectivity index (χ2v) is 4.48. The fourth-order valence-electron chi connectivity index (χ4n) is 1.91. The summed E-state index contributed by atoms with van der Waals surface area (Å²) in [4.78, 5) is 14.1. The minimum absolute atomic E-state index is 0.0978. The van der Waals surface area contributed by atoms with Crippen LogP contribution in [0, 0.1) is 0 Å². The lowest BCUT2D eigenvalue weighted by molar-refractivity contribution is -0.118. The topological polar surface area (TPSA) is 64.8 Å². The predicted octanol–water partition coefficient (Wildman–Crippen LogP) is 1.80. The molecule has 0 atom stereocenters. The molecule has 2 N–H and O–H groups in total. The molecule has 5 heteroatoms. The summed E-state index contributed by atoms with van der Waals surface area (Å²) in [6.07, 6.45) is 1.98. The highest BCUT2D eigenvalue weighted by molar-refractivity contribution is 5.93. The van der Waals surface area contributed by atoms with E-state index in [9.17, 15) is 4.79 Å². The number of rotatable bonds is 9. The van der Waals surface area contributed by atoms with Crippen LogP contribution in [0.1, 0.15) is 19.3 Å². The SMILES string of the molecule is COCCCC(=O)N(CCCN)c1ccc(OC)cc1. The number of amides is 1. The van der Waals surface area contributed by atoms with Gasteiger partial charge in [0, 0.05) is 32.4 Å². The van der Waals surface area contributed by atoms with Gasteiger partial charge in [-0.05, 0) is 43.7 Å². The highest BCUT2D eigenvalue weighted by atomic mass is 16.5. The van der Waals surface area contributed by atoms with Crippen molar-refractivity contribution in [3.05, 3.63) is 24.3 Å². The molecule has 1 amide bonds. The summed E-state index contributed by atoms with van der Waals surface area (Å²) < 4.78 is 10.1. The van der Waals surface area contributed by atoms with Crippen LogP contribution >= 0.6 is 0 Å². The molecule has 5 nitrogen and oxygen atoms in total. The molecule has 0 aliphatic heterocycles. The Hall–Kier alpha value is -1.59. The van der Waals surface area contributed by atoms with Gasteiger partial charge < -0.3 is 20.1 Å². The van der Waals surface area contributed by atoms with Gasteiger partial charge in [0.05, 0.1) is 7.11 Å². The number of hydrogen-bond acceptors (Lipinski definition) is 4. The molecular formula is C15H24N2O3. The lowest BCUT2D eigenvalue weighted by Gasteiger charge is -2.23. The first-order chi connectivity index (χ1) is 9.72. The molecule has 20 heavy (non-hydrogen) atoms. The van der Waals surface area contributed by atoms with E-state index in [1.165, 1.54) is 0 Å². The van der Waals surface area contributed by atoms with E-state index in [4.69, 9.17) is 15.2 Å². The van der Waals surface area contributed by atoms with Gasteiger partial charge in [-0.2, -0.15) is 0 Å². The van der Waals surface area contributed by atoms with Crippen molar-refractivity contribution in [2.45, 2.75) is 19.3 Å². The number of benzene rings is 1. The number of methoxy groups -OCH3 is 2. The third-order valence-corrected chi connectivity index (χ3v) is 3.01. The molecule has 0 spiro atoms. The Bertz CT molecular complexity index is 393. The average molecular weight is 280 g/mol. The molecule has 1 aromatic carbocycles. The summed E-state index contributed by atoms with van der Waals surface area (Å²) in [6, 6.07) is 7.49. The number of nitrogens with two attached hydrogens (primary N) is 1. The van der Waals surface area contributed by atoms with Gasteiger partial charge in [0.25, 0.3) is 0 Å². The molecule has 112 valence electrons. The monoisotopic (exact) mass is 280 g/mol. The average Bonchev–Trinajstić information content (AvgIpc) is 2.48. The minimum Gasteiger partial charge on any atom is -0.497 e. The molecule has 0 aliphatic carbocycles. The Morgan fingerprint density at radius 3 is 2.45 bits per heavy atom. The fourth-order valence-corrected chi connectivity index (χ4v) is 1.91. The van der Waals surface area contributed by atoms with Crippen LogP contribution in [0.5, 0.6) is 5.75 Å². The van der Waals surface area contributed by atoms with Crippen molar-refractivity contribution in [1.29, 1.82) is 0 Å². The quantitative estimate of drug-likeness (QED) is 0.701. The van der Waals surface area contributed by atoms with E-state index in [1.807, 2.05) is 24.3 Å². The molecular weight excluding hydrogens is 256 g/mol. The highest BCUT2D eigenvalue weighted by Crippen LogP contribution is 2.20. The van der Waals surface area contributed by atoms with Crippen molar-refractivity contribution < 1.29 is 14.3 Å². The number of nitrogens with zero attached hydrogens (tertiary/aromatic N) is 1. The third-order valence-electron chi connectivity index (χ3n) is 3.01. The number of carbonyl (C=O) groups excluding carboxylic acids is 1. The lowest BCUT2D eigenvalue weighted by Crippen LogP contribution is -2.32. The Balaban J connectivity index is 2.73. The number of carbonyl (C=O) groups is 1. The molecule has 0 saturated heterocycles. The van der Waals surface area contributed by atoms with Crippen molar-refractivity contribution >= 4 is 11.6 Å². The first-order valence-corrected chi connectivity index (χ1v) is 6.86. The number of anilines is 1. The van der Waals surface area contributed by atoms with E-state index in [0.717, 1.165) is 24.3 Å². The van der Waals surface area contributed by atoms with Gasteiger partial charge in [0.15, 0.2) is 0 Å². The molecule has 0 bridgehead atoms. The maximum Gasteiger partial charge on any atom is 0.227 e. The maximum atomic E-state index is 12.3. The van der Waals surface area contributed by atoms with Crippen molar-refractivity contribution in [3.8, 4) is 5.75 Å². The van der Waals surface area contributed by atoms with Crippen molar-refractivity contribution in [2.24, 2.45) is 5.73 Å². The molecule has 0 fully saturated rings. The van der Waals surface area contributed by atoms with Crippen LogP contribution in [0.15, 0.2) is 24.3 Å². The van der Waals surface area contributed by atoms with Crippen molar-refractivity contribution in [3.63, 3.8) is 0 Å². The zero-order valence-electron chi connectivity index (χ0n) is 12.3. The first-order valence-electron chi connectivity index (χ1n) is 6.86. The van der Waals surface area contributed by atoms with E-state index in [2.05, 4.69) is 0 Å². The first kappa shape index (κ1) is 16.5. The van der Waals surface area contributed by atoms with Crippen LogP contribution in [0.3, 0.4) is 0 Å². The second kappa shape index (κ2) is 9.34. The van der Waals surface area contributed by atoms with Gasteiger partial charge in [-0.25, -0.2) is 0 Å². The summed E-state index contributed by atoms with van der Waals surface area (Å²) in [5.41, 5.74) is 6.42. The van der Waals surface area contributed by atoms with Crippen LogP contribution in [0.2, 0.25) is 0 Å². The molecule has 0 saturated carbocycles. The Morgan fingerprint density at radius 2 is 1.90 bits per heavy atom. The Labute approximate surface area is 120 Å². The van der Waals surface area contributed by atoms with E-state index in [0.29, 0.717) is 26.1 Å². The predicted molar refractivity (Wildman–Crippen MR) is 80.1 cm³/mol. The fraction of sp³-hybridized carbons (Fsp3) is 0.533. The summed E-state index contributed by atoms with van der Waals surface area (Å²) in [6.45, 7) is 1.80. The zero-order chi connectivity index (χ0) is 14.8. The Kier molecular flexibility index (Phi) is 7.69. The Morgan fingerprint density at radius 1 is 1.20 bits per heavy atom. The normalized spacial score (nSPS) is 10.3. The highest BCUT2D eigenvalue weighted by Gasteiger charge is 2.14. The van der Waals surface area contributed by atoms with Crippen LogP contribution < -0.4 is 15.4 Å². The smallest absolute Gasteiger partial charge is 0.227 e. The van der Waals surface area contributed by atoms with Gasteiger partial charge in [0.2, 0.25) is 5.91 Å².